The molecule has 5 nitrogen and oxygen atoms in total. The molecule has 0 N–H and O–H groups in total. The minimum atomic E-state index is -3.39. The molecule has 2 heterocycles. The van der Waals surface area contributed by atoms with Crippen LogP contribution in [0.1, 0.15) is 31.7 Å². The zero-order valence-electron chi connectivity index (χ0n) is 14.5. The second-order valence-electron chi connectivity index (χ2n) is 7.02. The number of rotatable bonds is 5. The lowest BCUT2D eigenvalue weighted by Gasteiger charge is -2.37. The van der Waals surface area contributed by atoms with E-state index in [9.17, 15) is 8.42 Å². The van der Waals surface area contributed by atoms with Crippen LogP contribution in [0.3, 0.4) is 0 Å². The fraction of sp³-hybridized carbons (Fsp3) is 0.667. The van der Waals surface area contributed by atoms with Crippen LogP contribution < -0.4 is 0 Å². The van der Waals surface area contributed by atoms with Crippen LogP contribution in [0.25, 0.3) is 0 Å². The summed E-state index contributed by atoms with van der Waals surface area (Å²) in [5.74, 6) is 0. The summed E-state index contributed by atoms with van der Waals surface area (Å²) in [4.78, 5) is 0.398. The third-order valence-electron chi connectivity index (χ3n) is 5.20. The van der Waals surface area contributed by atoms with Gasteiger partial charge in [-0.15, -0.1) is 0 Å². The van der Waals surface area contributed by atoms with Crippen LogP contribution in [-0.2, 0) is 19.5 Å². The second-order valence-corrected chi connectivity index (χ2v) is 8.96. The van der Waals surface area contributed by atoms with E-state index < -0.39 is 10.0 Å². The average Bonchev–Trinajstić information content (AvgIpc) is 2.96. The molecule has 2 aliphatic rings. The molecule has 1 atom stereocenters. The molecule has 6 heteroatoms. The molecular formula is C18H27NO4S. The normalized spacial score (nSPS) is 24.5. The van der Waals surface area contributed by atoms with Crippen LogP contribution in [-0.4, -0.2) is 51.7 Å². The van der Waals surface area contributed by atoms with Gasteiger partial charge in [-0.05, 0) is 56.2 Å². The van der Waals surface area contributed by atoms with Gasteiger partial charge in [0.2, 0.25) is 10.0 Å². The molecule has 134 valence electrons. The maximum absolute atomic E-state index is 12.8. The van der Waals surface area contributed by atoms with Crippen molar-refractivity contribution in [1.29, 1.82) is 0 Å². The van der Waals surface area contributed by atoms with Crippen molar-refractivity contribution < 1.29 is 17.9 Å². The van der Waals surface area contributed by atoms with E-state index in [4.69, 9.17) is 9.47 Å². The molecular weight excluding hydrogens is 326 g/mol. The Bertz CT molecular complexity index is 665. The fourth-order valence-corrected chi connectivity index (χ4v) is 5.27. The Morgan fingerprint density at radius 1 is 1.33 bits per heavy atom. The Morgan fingerprint density at radius 3 is 2.75 bits per heavy atom. The van der Waals surface area contributed by atoms with Crippen molar-refractivity contribution in [1.82, 2.24) is 4.31 Å². The summed E-state index contributed by atoms with van der Waals surface area (Å²) in [6.45, 7) is 7.11. The highest BCUT2D eigenvalue weighted by Gasteiger charge is 2.44. The van der Waals surface area contributed by atoms with Gasteiger partial charge in [0.25, 0.3) is 0 Å². The zero-order valence-corrected chi connectivity index (χ0v) is 15.3. The summed E-state index contributed by atoms with van der Waals surface area (Å²) < 4.78 is 38.6. The van der Waals surface area contributed by atoms with Crippen LogP contribution in [0.15, 0.2) is 29.2 Å². The Labute approximate surface area is 145 Å². The van der Waals surface area contributed by atoms with Crippen molar-refractivity contribution in [2.75, 3.05) is 32.9 Å². The van der Waals surface area contributed by atoms with Crippen molar-refractivity contribution in [2.24, 2.45) is 5.41 Å². The molecule has 1 aromatic rings. The minimum Gasteiger partial charge on any atom is -0.379 e. The van der Waals surface area contributed by atoms with Crippen molar-refractivity contribution >= 4 is 10.0 Å². The standard InChI is InChI=1S/C18H27NO4S/c1-3-22-13-16-12-18(14-23-16)7-9-19(10-8-18)24(20,21)17-6-4-5-15(2)11-17/h4-6,11,16H,3,7-10,12-14H2,1-2H3/t16-/m0/s1. The molecule has 0 aromatic heterocycles. The van der Waals surface area contributed by atoms with Gasteiger partial charge in [-0.3, -0.25) is 0 Å². The van der Waals surface area contributed by atoms with Gasteiger partial charge in [0, 0.05) is 19.7 Å². The fourth-order valence-electron chi connectivity index (χ4n) is 3.73. The Morgan fingerprint density at radius 2 is 2.08 bits per heavy atom. The van der Waals surface area contributed by atoms with Crippen molar-refractivity contribution in [2.45, 2.75) is 44.1 Å². The monoisotopic (exact) mass is 353 g/mol. The Hall–Kier alpha value is -0.950. The topological polar surface area (TPSA) is 55.8 Å². The van der Waals surface area contributed by atoms with Crippen LogP contribution in [0.2, 0.25) is 0 Å². The molecule has 0 unspecified atom stereocenters. The van der Waals surface area contributed by atoms with Gasteiger partial charge in [-0.2, -0.15) is 4.31 Å². The maximum atomic E-state index is 12.8. The van der Waals surface area contributed by atoms with Gasteiger partial charge in [0.05, 0.1) is 24.2 Å². The Balaban J connectivity index is 1.63. The van der Waals surface area contributed by atoms with E-state index >= 15 is 0 Å². The van der Waals surface area contributed by atoms with Gasteiger partial charge in [0.1, 0.15) is 0 Å². The lowest BCUT2D eigenvalue weighted by atomic mass is 9.77. The first kappa shape index (κ1) is 17.9. The molecule has 0 saturated carbocycles. The van der Waals surface area contributed by atoms with Crippen molar-refractivity contribution in [3.63, 3.8) is 0 Å². The smallest absolute Gasteiger partial charge is 0.243 e. The summed E-state index contributed by atoms with van der Waals surface area (Å²) in [7, 11) is -3.39. The molecule has 1 aromatic carbocycles. The number of ether oxygens (including phenoxy) is 2. The van der Waals surface area contributed by atoms with Crippen LogP contribution in [0.4, 0.5) is 0 Å². The summed E-state index contributed by atoms with van der Waals surface area (Å²) >= 11 is 0. The summed E-state index contributed by atoms with van der Waals surface area (Å²) in [6.07, 6.45) is 2.86. The summed E-state index contributed by atoms with van der Waals surface area (Å²) in [5, 5.41) is 0. The number of piperidine rings is 1. The van der Waals surface area contributed by atoms with Gasteiger partial charge in [-0.25, -0.2) is 8.42 Å². The van der Waals surface area contributed by atoms with E-state index in [0.29, 0.717) is 31.2 Å². The van der Waals surface area contributed by atoms with Crippen LogP contribution >= 0.6 is 0 Å². The van der Waals surface area contributed by atoms with E-state index in [0.717, 1.165) is 31.4 Å². The molecule has 24 heavy (non-hydrogen) atoms. The number of hydrogen-bond donors (Lipinski definition) is 0. The molecule has 0 aliphatic carbocycles. The minimum absolute atomic E-state index is 0.125. The largest absolute Gasteiger partial charge is 0.379 e. The van der Waals surface area contributed by atoms with Gasteiger partial charge in [-0.1, -0.05) is 12.1 Å². The lowest BCUT2D eigenvalue weighted by Crippen LogP contribution is -2.43. The predicted molar refractivity (Wildman–Crippen MR) is 92.5 cm³/mol. The van der Waals surface area contributed by atoms with Gasteiger partial charge >= 0.3 is 0 Å². The number of sulfonamides is 1. The molecule has 0 amide bonds. The molecule has 0 bridgehead atoms. The average molecular weight is 353 g/mol. The predicted octanol–water partition coefficient (Wildman–Crippen LogP) is 2.59. The number of benzene rings is 1. The molecule has 0 radical (unpaired) electrons. The maximum Gasteiger partial charge on any atom is 0.243 e. The third-order valence-corrected chi connectivity index (χ3v) is 7.10. The molecule has 2 saturated heterocycles. The van der Waals surface area contributed by atoms with Gasteiger partial charge in [0.15, 0.2) is 0 Å². The Kier molecular flexibility index (Phi) is 5.30. The summed E-state index contributed by atoms with van der Waals surface area (Å²) in [5.41, 5.74) is 1.09. The SMILES string of the molecule is CCOC[C@@H]1CC2(CCN(S(=O)(=O)c3cccc(C)c3)CC2)CO1. The highest BCUT2D eigenvalue weighted by molar-refractivity contribution is 7.89. The quantitative estimate of drug-likeness (QED) is 0.816. The van der Waals surface area contributed by atoms with Crippen LogP contribution in [0.5, 0.6) is 0 Å². The second kappa shape index (κ2) is 7.12. The molecule has 3 rings (SSSR count). The van der Waals surface area contributed by atoms with E-state index in [1.54, 1.807) is 22.5 Å². The van der Waals surface area contributed by atoms with Crippen molar-refractivity contribution in [3.8, 4) is 0 Å². The highest BCUT2D eigenvalue weighted by Crippen LogP contribution is 2.42. The van der Waals surface area contributed by atoms with E-state index in [2.05, 4.69) is 0 Å². The number of nitrogens with zero attached hydrogens (tertiary/aromatic N) is 1. The molecule has 2 aliphatic heterocycles. The van der Waals surface area contributed by atoms with Gasteiger partial charge < -0.3 is 9.47 Å². The molecule has 1 spiro atoms. The first-order chi connectivity index (χ1) is 11.5. The summed E-state index contributed by atoms with van der Waals surface area (Å²) in [6, 6.07) is 7.15. The van der Waals surface area contributed by atoms with Crippen molar-refractivity contribution in [3.05, 3.63) is 29.8 Å². The molecule has 2 fully saturated rings. The van der Waals surface area contributed by atoms with Crippen LogP contribution in [0, 0.1) is 12.3 Å². The highest BCUT2D eigenvalue weighted by atomic mass is 32.2. The van der Waals surface area contributed by atoms with E-state index in [1.807, 2.05) is 19.9 Å². The first-order valence-corrected chi connectivity index (χ1v) is 10.2. The zero-order chi connectivity index (χ0) is 17.2. The van der Waals surface area contributed by atoms with E-state index in [1.165, 1.54) is 0 Å². The van der Waals surface area contributed by atoms with E-state index in [-0.39, 0.29) is 11.5 Å². The lowest BCUT2D eigenvalue weighted by molar-refractivity contribution is 0.0173. The number of aryl methyl sites for hydroxylation is 1. The third kappa shape index (κ3) is 3.67. The first-order valence-electron chi connectivity index (χ1n) is 8.71. The number of hydrogen-bond acceptors (Lipinski definition) is 4.